The lowest BCUT2D eigenvalue weighted by atomic mass is 10.1. The van der Waals surface area contributed by atoms with Crippen molar-refractivity contribution in [2.75, 3.05) is 7.11 Å². The lowest BCUT2D eigenvalue weighted by Crippen LogP contribution is -2.21. The van der Waals surface area contributed by atoms with Crippen molar-refractivity contribution in [1.82, 2.24) is 5.32 Å². The predicted molar refractivity (Wildman–Crippen MR) is 66.4 cm³/mol. The van der Waals surface area contributed by atoms with Crippen molar-refractivity contribution < 1.29 is 19.4 Å². The Morgan fingerprint density at radius 2 is 2.11 bits per heavy atom. The fourth-order valence-electron chi connectivity index (χ4n) is 1.43. The first-order valence-corrected chi connectivity index (χ1v) is 5.35. The van der Waals surface area contributed by atoms with Gasteiger partial charge in [0.15, 0.2) is 0 Å². The number of carboxylic acid groups (broad SMARTS) is 1. The van der Waals surface area contributed by atoms with E-state index >= 15 is 0 Å². The molecule has 0 fully saturated rings. The van der Waals surface area contributed by atoms with Gasteiger partial charge in [-0.15, -0.1) is 0 Å². The largest absolute Gasteiger partial charge is 0.496 e. The number of amides is 1. The number of nitrogens with one attached hydrogen (secondary N) is 1. The summed E-state index contributed by atoms with van der Waals surface area (Å²) in [5.74, 6) is -0.928. The average Bonchev–Trinajstić information content (AvgIpc) is 2.34. The van der Waals surface area contributed by atoms with E-state index in [2.05, 4.69) is 5.32 Å². The monoisotopic (exact) mass is 249 g/mol. The first-order valence-electron chi connectivity index (χ1n) is 5.35. The number of carbonyl (C=O) groups is 2. The number of benzene rings is 1. The Labute approximate surface area is 105 Å². The number of carbonyl (C=O) groups excluding carboxylic acids is 1. The Bertz CT molecular complexity index is 480. The van der Waals surface area contributed by atoms with Crippen molar-refractivity contribution in [2.24, 2.45) is 0 Å². The molecule has 0 saturated carbocycles. The van der Waals surface area contributed by atoms with Crippen LogP contribution in [0.1, 0.15) is 11.1 Å². The number of carboxylic acids is 1. The average molecular weight is 249 g/mol. The minimum Gasteiger partial charge on any atom is -0.496 e. The maximum atomic E-state index is 11.3. The molecule has 0 bridgehead atoms. The first-order chi connectivity index (χ1) is 8.52. The number of aliphatic carboxylic acids is 1. The summed E-state index contributed by atoms with van der Waals surface area (Å²) in [4.78, 5) is 21.5. The molecule has 5 heteroatoms. The molecule has 0 heterocycles. The van der Waals surface area contributed by atoms with Gasteiger partial charge in [-0.05, 0) is 13.0 Å². The van der Waals surface area contributed by atoms with E-state index in [1.807, 2.05) is 25.1 Å². The van der Waals surface area contributed by atoms with Gasteiger partial charge in [-0.1, -0.05) is 17.7 Å². The van der Waals surface area contributed by atoms with Gasteiger partial charge in [0.05, 0.1) is 7.11 Å². The third-order valence-corrected chi connectivity index (χ3v) is 2.27. The van der Waals surface area contributed by atoms with Gasteiger partial charge in [-0.25, -0.2) is 4.79 Å². The predicted octanol–water partition coefficient (Wildman–Crippen LogP) is 1.26. The SMILES string of the molecule is COc1ccc(C)cc1CNC(=O)/C=C/C(=O)O. The highest BCUT2D eigenvalue weighted by Gasteiger charge is 2.04. The minimum absolute atomic E-state index is 0.285. The zero-order valence-corrected chi connectivity index (χ0v) is 10.3. The molecular weight excluding hydrogens is 234 g/mol. The van der Waals surface area contributed by atoms with Gasteiger partial charge in [0.2, 0.25) is 5.91 Å². The molecule has 0 spiro atoms. The highest BCUT2D eigenvalue weighted by atomic mass is 16.5. The van der Waals surface area contributed by atoms with E-state index < -0.39 is 11.9 Å². The summed E-state index contributed by atoms with van der Waals surface area (Å²) in [6.45, 7) is 2.22. The number of hydrogen-bond donors (Lipinski definition) is 2. The molecule has 0 atom stereocenters. The molecule has 2 N–H and O–H groups in total. The Morgan fingerprint density at radius 1 is 1.39 bits per heavy atom. The van der Waals surface area contributed by atoms with Gasteiger partial charge >= 0.3 is 5.97 Å². The second kappa shape index (κ2) is 6.44. The summed E-state index contributed by atoms with van der Waals surface area (Å²) in [5.41, 5.74) is 1.90. The molecule has 0 radical (unpaired) electrons. The molecule has 0 aliphatic rings. The van der Waals surface area contributed by atoms with Crippen molar-refractivity contribution in [1.29, 1.82) is 0 Å². The fourth-order valence-corrected chi connectivity index (χ4v) is 1.43. The van der Waals surface area contributed by atoms with Gasteiger partial charge < -0.3 is 15.2 Å². The molecule has 0 aliphatic carbocycles. The van der Waals surface area contributed by atoms with E-state index in [9.17, 15) is 9.59 Å². The zero-order valence-electron chi connectivity index (χ0n) is 10.3. The maximum Gasteiger partial charge on any atom is 0.328 e. The van der Waals surface area contributed by atoms with Crippen LogP contribution < -0.4 is 10.1 Å². The van der Waals surface area contributed by atoms with Crippen LogP contribution >= 0.6 is 0 Å². The molecule has 0 aromatic heterocycles. The molecule has 96 valence electrons. The minimum atomic E-state index is -1.15. The van der Waals surface area contributed by atoms with Gasteiger partial charge in [0.1, 0.15) is 5.75 Å². The van der Waals surface area contributed by atoms with Gasteiger partial charge in [0.25, 0.3) is 0 Å². The van der Waals surface area contributed by atoms with E-state index in [1.165, 1.54) is 0 Å². The van der Waals surface area contributed by atoms with Crippen molar-refractivity contribution in [2.45, 2.75) is 13.5 Å². The summed E-state index contributed by atoms with van der Waals surface area (Å²) in [6.07, 6.45) is 1.77. The van der Waals surface area contributed by atoms with E-state index in [0.29, 0.717) is 5.75 Å². The Morgan fingerprint density at radius 3 is 2.72 bits per heavy atom. The number of ether oxygens (including phenoxy) is 1. The molecule has 1 amide bonds. The molecule has 18 heavy (non-hydrogen) atoms. The van der Waals surface area contributed by atoms with Crippen LogP contribution in [-0.4, -0.2) is 24.1 Å². The Hall–Kier alpha value is -2.30. The Balaban J connectivity index is 2.65. The van der Waals surface area contributed by atoms with E-state index in [-0.39, 0.29) is 6.54 Å². The van der Waals surface area contributed by atoms with Crippen molar-refractivity contribution in [3.63, 3.8) is 0 Å². The number of rotatable bonds is 5. The van der Waals surface area contributed by atoms with Gasteiger partial charge in [0, 0.05) is 24.3 Å². The highest BCUT2D eigenvalue weighted by molar-refractivity contribution is 5.93. The van der Waals surface area contributed by atoms with Crippen molar-refractivity contribution in [3.05, 3.63) is 41.5 Å². The van der Waals surface area contributed by atoms with Gasteiger partial charge in [-0.2, -0.15) is 0 Å². The van der Waals surface area contributed by atoms with Crippen LogP contribution in [0.2, 0.25) is 0 Å². The maximum absolute atomic E-state index is 11.3. The number of methoxy groups -OCH3 is 1. The first kappa shape index (κ1) is 13.8. The molecule has 1 rings (SSSR count). The van der Waals surface area contributed by atoms with E-state index in [4.69, 9.17) is 9.84 Å². The molecule has 1 aromatic carbocycles. The zero-order chi connectivity index (χ0) is 13.5. The summed E-state index contributed by atoms with van der Waals surface area (Å²) >= 11 is 0. The van der Waals surface area contributed by atoms with Crippen LogP contribution in [0.4, 0.5) is 0 Å². The van der Waals surface area contributed by atoms with Crippen LogP contribution in [0.15, 0.2) is 30.4 Å². The fraction of sp³-hybridized carbons (Fsp3) is 0.231. The lowest BCUT2D eigenvalue weighted by Gasteiger charge is -2.09. The summed E-state index contributed by atoms with van der Waals surface area (Å²) < 4.78 is 5.17. The summed E-state index contributed by atoms with van der Waals surface area (Å²) in [7, 11) is 1.56. The van der Waals surface area contributed by atoms with Crippen LogP contribution in [-0.2, 0) is 16.1 Å². The van der Waals surface area contributed by atoms with E-state index in [1.54, 1.807) is 7.11 Å². The smallest absolute Gasteiger partial charge is 0.328 e. The van der Waals surface area contributed by atoms with E-state index in [0.717, 1.165) is 23.3 Å². The van der Waals surface area contributed by atoms with Crippen molar-refractivity contribution >= 4 is 11.9 Å². The number of hydrogen-bond acceptors (Lipinski definition) is 3. The quantitative estimate of drug-likeness (QED) is 0.770. The van der Waals surface area contributed by atoms with Gasteiger partial charge in [-0.3, -0.25) is 4.79 Å². The third-order valence-electron chi connectivity index (χ3n) is 2.27. The second-order valence-electron chi connectivity index (χ2n) is 3.70. The molecule has 1 aromatic rings. The standard InChI is InChI=1S/C13H15NO4/c1-9-3-4-11(18-2)10(7-9)8-14-12(15)5-6-13(16)17/h3-7H,8H2,1-2H3,(H,14,15)(H,16,17)/b6-5+. The van der Waals surface area contributed by atoms with Crippen LogP contribution in [0.3, 0.4) is 0 Å². The molecular formula is C13H15NO4. The van der Waals surface area contributed by atoms with Crippen LogP contribution in [0.5, 0.6) is 5.75 Å². The summed E-state index contributed by atoms with van der Waals surface area (Å²) in [6, 6.07) is 5.64. The number of aryl methyl sites for hydroxylation is 1. The lowest BCUT2D eigenvalue weighted by molar-refractivity contribution is -0.131. The molecule has 0 saturated heterocycles. The molecule has 0 unspecified atom stereocenters. The normalized spacial score (nSPS) is 10.3. The Kier molecular flexibility index (Phi) is 4.92. The third kappa shape index (κ3) is 4.29. The summed E-state index contributed by atoms with van der Waals surface area (Å²) in [5, 5.41) is 11.0. The topological polar surface area (TPSA) is 75.6 Å². The molecule has 5 nitrogen and oxygen atoms in total. The van der Waals surface area contributed by atoms with Crippen molar-refractivity contribution in [3.8, 4) is 5.75 Å². The van der Waals surface area contributed by atoms with Crippen LogP contribution in [0, 0.1) is 6.92 Å². The second-order valence-corrected chi connectivity index (χ2v) is 3.70. The van der Waals surface area contributed by atoms with Crippen LogP contribution in [0.25, 0.3) is 0 Å². The molecule has 0 aliphatic heterocycles. The highest BCUT2D eigenvalue weighted by Crippen LogP contribution is 2.19.